The molecule has 3 heterocycles. The molecule has 1 atom stereocenters. The lowest BCUT2D eigenvalue weighted by Gasteiger charge is -2.33. The Balaban J connectivity index is 1.39. The SMILES string of the molecule is O=C(c1cnn2c1CCCC2)N1CCOC(CCc2ccccc2)C1. The summed E-state index contributed by atoms with van der Waals surface area (Å²) in [6.07, 6.45) is 7.07. The average molecular weight is 339 g/mol. The summed E-state index contributed by atoms with van der Waals surface area (Å²) < 4.78 is 7.90. The zero-order valence-corrected chi connectivity index (χ0v) is 14.6. The Morgan fingerprint density at radius 1 is 1.20 bits per heavy atom. The first-order valence-corrected chi connectivity index (χ1v) is 9.31. The minimum atomic E-state index is 0.115. The van der Waals surface area contributed by atoms with Gasteiger partial charge in [0.05, 0.1) is 30.2 Å². The predicted octanol–water partition coefficient (Wildman–Crippen LogP) is 2.69. The number of carbonyl (C=O) groups is 1. The van der Waals surface area contributed by atoms with Crippen molar-refractivity contribution in [2.75, 3.05) is 19.7 Å². The first kappa shape index (κ1) is 16.3. The van der Waals surface area contributed by atoms with Crippen molar-refractivity contribution in [3.63, 3.8) is 0 Å². The van der Waals surface area contributed by atoms with Crippen LogP contribution in [0.4, 0.5) is 0 Å². The van der Waals surface area contributed by atoms with E-state index >= 15 is 0 Å². The Hall–Kier alpha value is -2.14. The zero-order valence-electron chi connectivity index (χ0n) is 14.6. The molecule has 0 radical (unpaired) electrons. The highest BCUT2D eigenvalue weighted by molar-refractivity contribution is 5.95. The van der Waals surface area contributed by atoms with E-state index in [4.69, 9.17) is 4.74 Å². The second kappa shape index (κ2) is 7.40. The van der Waals surface area contributed by atoms with E-state index in [9.17, 15) is 4.79 Å². The molecule has 1 unspecified atom stereocenters. The van der Waals surface area contributed by atoms with Gasteiger partial charge >= 0.3 is 0 Å². The third kappa shape index (κ3) is 3.61. The molecule has 0 saturated carbocycles. The van der Waals surface area contributed by atoms with Crippen molar-refractivity contribution < 1.29 is 9.53 Å². The van der Waals surface area contributed by atoms with E-state index in [1.807, 2.05) is 15.6 Å². The number of rotatable bonds is 4. The molecule has 5 nitrogen and oxygen atoms in total. The summed E-state index contributed by atoms with van der Waals surface area (Å²) in [4.78, 5) is 14.9. The maximum absolute atomic E-state index is 13.0. The van der Waals surface area contributed by atoms with Crippen molar-refractivity contribution in [3.8, 4) is 0 Å². The highest BCUT2D eigenvalue weighted by Crippen LogP contribution is 2.21. The topological polar surface area (TPSA) is 47.4 Å². The lowest BCUT2D eigenvalue weighted by atomic mass is 10.0. The minimum absolute atomic E-state index is 0.115. The number of hydrogen-bond acceptors (Lipinski definition) is 3. The van der Waals surface area contributed by atoms with Crippen molar-refractivity contribution in [3.05, 3.63) is 53.3 Å². The van der Waals surface area contributed by atoms with Crippen LogP contribution in [0.1, 0.15) is 40.9 Å². The number of hydrogen-bond donors (Lipinski definition) is 0. The molecule has 0 N–H and O–H groups in total. The van der Waals surface area contributed by atoms with Crippen molar-refractivity contribution in [1.29, 1.82) is 0 Å². The van der Waals surface area contributed by atoms with Gasteiger partial charge in [0.2, 0.25) is 0 Å². The van der Waals surface area contributed by atoms with Gasteiger partial charge in [-0.15, -0.1) is 0 Å². The van der Waals surface area contributed by atoms with Gasteiger partial charge in [0, 0.05) is 19.6 Å². The summed E-state index contributed by atoms with van der Waals surface area (Å²) in [5.41, 5.74) is 3.23. The van der Waals surface area contributed by atoms with Crippen LogP contribution in [0.2, 0.25) is 0 Å². The molecule has 2 aliphatic rings. The van der Waals surface area contributed by atoms with Crippen molar-refractivity contribution in [2.24, 2.45) is 0 Å². The fraction of sp³-hybridized carbons (Fsp3) is 0.500. The second-order valence-corrected chi connectivity index (χ2v) is 6.95. The summed E-state index contributed by atoms with van der Waals surface area (Å²) in [5.74, 6) is 0.121. The molecule has 4 rings (SSSR count). The van der Waals surface area contributed by atoms with Crippen molar-refractivity contribution in [1.82, 2.24) is 14.7 Å². The van der Waals surface area contributed by atoms with Gasteiger partial charge in [-0.3, -0.25) is 9.48 Å². The summed E-state index contributed by atoms with van der Waals surface area (Å²) >= 11 is 0. The minimum Gasteiger partial charge on any atom is -0.375 e. The number of morpholine rings is 1. The molecule has 1 aromatic carbocycles. The van der Waals surface area contributed by atoms with E-state index in [0.29, 0.717) is 19.7 Å². The Morgan fingerprint density at radius 2 is 2.08 bits per heavy atom. The molecule has 1 saturated heterocycles. The average Bonchev–Trinajstić information content (AvgIpc) is 3.11. The predicted molar refractivity (Wildman–Crippen MR) is 95.6 cm³/mol. The summed E-state index contributed by atoms with van der Waals surface area (Å²) in [5, 5.41) is 4.41. The highest BCUT2D eigenvalue weighted by Gasteiger charge is 2.28. The highest BCUT2D eigenvalue weighted by atomic mass is 16.5. The molecule has 0 aliphatic carbocycles. The van der Waals surface area contributed by atoms with Crippen LogP contribution in [-0.4, -0.2) is 46.4 Å². The largest absolute Gasteiger partial charge is 0.375 e. The molecular formula is C20H25N3O2. The zero-order chi connectivity index (χ0) is 17.1. The van der Waals surface area contributed by atoms with Crippen molar-refractivity contribution in [2.45, 2.75) is 44.8 Å². The first-order chi connectivity index (χ1) is 12.3. The van der Waals surface area contributed by atoms with E-state index in [0.717, 1.165) is 49.9 Å². The molecule has 1 amide bonds. The summed E-state index contributed by atoms with van der Waals surface area (Å²) in [7, 11) is 0. The maximum atomic E-state index is 13.0. The van der Waals surface area contributed by atoms with Crippen LogP contribution in [0.5, 0.6) is 0 Å². The van der Waals surface area contributed by atoms with Crippen LogP contribution in [0.25, 0.3) is 0 Å². The van der Waals surface area contributed by atoms with Crippen LogP contribution in [0.3, 0.4) is 0 Å². The molecule has 2 aliphatic heterocycles. The lowest BCUT2D eigenvalue weighted by molar-refractivity contribution is -0.0246. The summed E-state index contributed by atoms with van der Waals surface area (Å²) in [6.45, 7) is 2.90. The number of ether oxygens (including phenoxy) is 1. The van der Waals surface area contributed by atoms with Gasteiger partial charge in [-0.05, 0) is 37.7 Å². The fourth-order valence-corrected chi connectivity index (χ4v) is 3.82. The Bertz CT molecular complexity index is 726. The molecule has 132 valence electrons. The quantitative estimate of drug-likeness (QED) is 0.860. The molecule has 1 aromatic heterocycles. The van der Waals surface area contributed by atoms with Crippen LogP contribution in [0, 0.1) is 0 Å². The van der Waals surface area contributed by atoms with Gasteiger partial charge in [0.1, 0.15) is 0 Å². The number of fused-ring (bicyclic) bond motifs is 1. The number of aryl methyl sites for hydroxylation is 2. The Kier molecular flexibility index (Phi) is 4.83. The van der Waals surface area contributed by atoms with E-state index in [-0.39, 0.29) is 12.0 Å². The number of amides is 1. The number of nitrogens with zero attached hydrogens (tertiary/aromatic N) is 3. The normalized spacial score (nSPS) is 20.3. The molecule has 1 fully saturated rings. The smallest absolute Gasteiger partial charge is 0.257 e. The van der Waals surface area contributed by atoms with E-state index in [2.05, 4.69) is 29.4 Å². The third-order valence-electron chi connectivity index (χ3n) is 5.24. The van der Waals surface area contributed by atoms with Gasteiger partial charge in [-0.25, -0.2) is 0 Å². The molecule has 0 spiro atoms. The van der Waals surface area contributed by atoms with Gasteiger partial charge in [-0.2, -0.15) is 5.10 Å². The van der Waals surface area contributed by atoms with Gasteiger partial charge in [0.25, 0.3) is 5.91 Å². The third-order valence-corrected chi connectivity index (χ3v) is 5.24. The molecule has 25 heavy (non-hydrogen) atoms. The molecular weight excluding hydrogens is 314 g/mol. The van der Waals surface area contributed by atoms with Crippen LogP contribution < -0.4 is 0 Å². The maximum Gasteiger partial charge on any atom is 0.257 e. The van der Waals surface area contributed by atoms with Gasteiger partial charge in [-0.1, -0.05) is 30.3 Å². The van der Waals surface area contributed by atoms with Crippen LogP contribution in [0.15, 0.2) is 36.5 Å². The summed E-state index contributed by atoms with van der Waals surface area (Å²) in [6, 6.07) is 10.5. The van der Waals surface area contributed by atoms with Gasteiger partial charge < -0.3 is 9.64 Å². The second-order valence-electron chi connectivity index (χ2n) is 6.95. The van der Waals surface area contributed by atoms with Gasteiger partial charge in [0.15, 0.2) is 0 Å². The number of carbonyl (C=O) groups excluding carboxylic acids is 1. The number of benzene rings is 1. The lowest BCUT2D eigenvalue weighted by Crippen LogP contribution is -2.46. The molecule has 5 heteroatoms. The Morgan fingerprint density at radius 3 is 2.96 bits per heavy atom. The Labute approximate surface area is 148 Å². The monoisotopic (exact) mass is 339 g/mol. The van der Waals surface area contributed by atoms with E-state index < -0.39 is 0 Å². The number of aromatic nitrogens is 2. The van der Waals surface area contributed by atoms with E-state index in [1.54, 1.807) is 6.20 Å². The molecule has 2 aromatic rings. The first-order valence-electron chi connectivity index (χ1n) is 9.31. The van der Waals surface area contributed by atoms with Crippen molar-refractivity contribution >= 4 is 5.91 Å². The molecule has 0 bridgehead atoms. The fourth-order valence-electron chi connectivity index (χ4n) is 3.82. The van der Waals surface area contributed by atoms with Crippen LogP contribution in [-0.2, 0) is 24.1 Å². The standard InChI is InChI=1S/C20H25N3O2/c24-20(18-14-21-23-11-5-4-8-19(18)23)22-12-13-25-17(15-22)10-9-16-6-2-1-3-7-16/h1-3,6-7,14,17H,4-5,8-13,15H2. The van der Waals surface area contributed by atoms with E-state index in [1.165, 1.54) is 5.56 Å². The van der Waals surface area contributed by atoms with Crippen LogP contribution >= 0.6 is 0 Å².